The van der Waals surface area contributed by atoms with E-state index in [0.29, 0.717) is 17.5 Å². The van der Waals surface area contributed by atoms with Gasteiger partial charge in [-0.15, -0.1) is 0 Å². The second-order valence-corrected chi connectivity index (χ2v) is 10.4. The average molecular weight is 532 g/mol. The summed E-state index contributed by atoms with van der Waals surface area (Å²) in [4.78, 5) is 38.4. The number of halogens is 4. The quantitative estimate of drug-likeness (QED) is 0.399. The Bertz CT molecular complexity index is 1340. The lowest BCUT2D eigenvalue weighted by molar-refractivity contribution is -0.181. The van der Waals surface area contributed by atoms with Crippen LogP contribution in [0.1, 0.15) is 51.3 Å². The van der Waals surface area contributed by atoms with E-state index in [2.05, 4.69) is 10.6 Å². The van der Waals surface area contributed by atoms with Gasteiger partial charge in [0, 0.05) is 25.0 Å². The van der Waals surface area contributed by atoms with Crippen LogP contribution in [0.5, 0.6) is 5.75 Å². The number of alkyl halides is 3. The van der Waals surface area contributed by atoms with Gasteiger partial charge in [-0.25, -0.2) is 14.0 Å². The predicted octanol–water partition coefficient (Wildman–Crippen LogP) is 2.32. The standard InChI is InChI=1S/C23H29F4N5O5/c1-22(2,3)37-20(34)30-16(12-8-29-9-13(12)23(25,26)27)15-14(24)7-11-17(18(15)36-4)31(10-5-6-10)21(35)32(28)19(11)33/h7,10,12-13,16,29H,5-6,8-9,28H2,1-4H3,(H,30,34)/t12-,13-,16?/m1/s1. The second kappa shape index (κ2) is 9.23. The van der Waals surface area contributed by atoms with Gasteiger partial charge >= 0.3 is 18.0 Å². The van der Waals surface area contributed by atoms with Crippen LogP contribution in [-0.4, -0.2) is 47.3 Å². The minimum atomic E-state index is -4.66. The van der Waals surface area contributed by atoms with E-state index >= 15 is 4.39 Å². The third kappa shape index (κ3) is 4.98. The van der Waals surface area contributed by atoms with Crippen LogP contribution in [0, 0.1) is 17.7 Å². The number of hydrogen-bond acceptors (Lipinski definition) is 7. The third-order valence-corrected chi connectivity index (χ3v) is 6.55. The first-order chi connectivity index (χ1) is 17.2. The number of rotatable bonds is 5. The van der Waals surface area contributed by atoms with Crippen molar-refractivity contribution >= 4 is 17.0 Å². The highest BCUT2D eigenvalue weighted by atomic mass is 19.4. The lowest BCUT2D eigenvalue weighted by Gasteiger charge is -2.32. The molecule has 0 radical (unpaired) electrons. The Balaban J connectivity index is 2.00. The SMILES string of the molecule is COc1c(C(NC(=O)OC(C)(C)C)[C@@H]2CNC[C@H]2C(F)(F)F)c(F)cc2c(=O)n(N)c(=O)n(C3CC3)c12. The Morgan fingerprint density at radius 2 is 1.86 bits per heavy atom. The first-order valence-electron chi connectivity index (χ1n) is 11.7. The van der Waals surface area contributed by atoms with Crippen LogP contribution in [0.3, 0.4) is 0 Å². The summed E-state index contributed by atoms with van der Waals surface area (Å²) in [7, 11) is 1.14. The molecule has 14 heteroatoms. The molecule has 1 aliphatic heterocycles. The summed E-state index contributed by atoms with van der Waals surface area (Å²) in [5.41, 5.74) is -3.37. The number of aromatic nitrogens is 2. The predicted molar refractivity (Wildman–Crippen MR) is 125 cm³/mol. The monoisotopic (exact) mass is 531 g/mol. The molecule has 2 fully saturated rings. The summed E-state index contributed by atoms with van der Waals surface area (Å²) in [6, 6.07) is -1.13. The average Bonchev–Trinajstić information content (AvgIpc) is 3.48. The van der Waals surface area contributed by atoms with Crippen molar-refractivity contribution in [1.29, 1.82) is 0 Å². The minimum absolute atomic E-state index is 0.0939. The number of hydrogen-bond donors (Lipinski definition) is 3. The van der Waals surface area contributed by atoms with Gasteiger partial charge in [-0.05, 0) is 39.7 Å². The molecule has 3 atom stereocenters. The highest BCUT2D eigenvalue weighted by molar-refractivity contribution is 5.87. The summed E-state index contributed by atoms with van der Waals surface area (Å²) >= 11 is 0. The van der Waals surface area contributed by atoms with Crippen LogP contribution in [0.2, 0.25) is 0 Å². The number of nitrogens with one attached hydrogen (secondary N) is 2. The first kappa shape index (κ1) is 26.8. The molecule has 204 valence electrons. The van der Waals surface area contributed by atoms with Crippen molar-refractivity contribution in [3.8, 4) is 5.75 Å². The number of fused-ring (bicyclic) bond motifs is 1. The van der Waals surface area contributed by atoms with Gasteiger partial charge in [-0.2, -0.15) is 17.8 Å². The van der Waals surface area contributed by atoms with Gasteiger partial charge in [-0.1, -0.05) is 0 Å². The number of amides is 1. The van der Waals surface area contributed by atoms with Crippen LogP contribution in [0.25, 0.3) is 10.9 Å². The normalized spacial score (nSPS) is 21.2. The van der Waals surface area contributed by atoms with E-state index in [9.17, 15) is 27.6 Å². The molecule has 0 bridgehead atoms. The summed E-state index contributed by atoms with van der Waals surface area (Å²) in [6.07, 6.45) is -4.58. The lowest BCUT2D eigenvalue weighted by atomic mass is 9.83. The number of carbonyl (C=O) groups excluding carboxylic acids is 1. The number of carbonyl (C=O) groups is 1. The Hall–Kier alpha value is -3.29. The number of nitrogens with zero attached hydrogens (tertiary/aromatic N) is 2. The number of alkyl carbamates (subject to hydrolysis) is 1. The summed E-state index contributed by atoms with van der Waals surface area (Å²) in [6.45, 7) is 4.07. The first-order valence-corrected chi connectivity index (χ1v) is 11.7. The Kier molecular flexibility index (Phi) is 6.67. The molecule has 2 aromatic rings. The maximum Gasteiger partial charge on any atom is 0.408 e. The van der Waals surface area contributed by atoms with Crippen LogP contribution < -0.4 is 32.5 Å². The number of nitrogen functional groups attached to an aromatic ring is 1. The Morgan fingerprint density at radius 3 is 2.41 bits per heavy atom. The second-order valence-electron chi connectivity index (χ2n) is 10.4. The van der Waals surface area contributed by atoms with Crippen LogP contribution in [0.4, 0.5) is 22.4 Å². The molecule has 1 aliphatic carbocycles. The molecule has 1 unspecified atom stereocenters. The molecule has 2 aliphatic rings. The van der Waals surface area contributed by atoms with E-state index in [1.165, 1.54) is 4.57 Å². The largest absolute Gasteiger partial charge is 0.494 e. The molecular weight excluding hydrogens is 502 g/mol. The van der Waals surface area contributed by atoms with Crippen molar-refractivity contribution in [2.24, 2.45) is 11.8 Å². The van der Waals surface area contributed by atoms with E-state index in [0.717, 1.165) is 13.2 Å². The van der Waals surface area contributed by atoms with E-state index in [1.54, 1.807) is 20.8 Å². The minimum Gasteiger partial charge on any atom is -0.494 e. The van der Waals surface area contributed by atoms with Crippen LogP contribution in [0.15, 0.2) is 15.7 Å². The van der Waals surface area contributed by atoms with E-state index in [-0.39, 0.29) is 29.2 Å². The molecule has 1 aromatic carbocycles. The number of benzene rings is 1. The summed E-state index contributed by atoms with van der Waals surface area (Å²) in [5, 5.41) is 4.78. The number of nitrogens with two attached hydrogens (primary N) is 1. The fraction of sp³-hybridized carbons (Fsp3) is 0.609. The number of methoxy groups -OCH3 is 1. The Labute approximate surface area is 208 Å². The fourth-order valence-electron chi connectivity index (χ4n) is 4.87. The molecule has 0 spiro atoms. The van der Waals surface area contributed by atoms with Crippen molar-refractivity contribution in [3.63, 3.8) is 0 Å². The molecule has 1 amide bonds. The van der Waals surface area contributed by atoms with Gasteiger partial charge in [0.15, 0.2) is 5.75 Å². The van der Waals surface area contributed by atoms with E-state index in [1.807, 2.05) is 0 Å². The van der Waals surface area contributed by atoms with Crippen molar-refractivity contribution in [2.45, 2.75) is 57.5 Å². The third-order valence-electron chi connectivity index (χ3n) is 6.55. The lowest BCUT2D eigenvalue weighted by Crippen LogP contribution is -2.45. The molecule has 37 heavy (non-hydrogen) atoms. The van der Waals surface area contributed by atoms with Crippen molar-refractivity contribution < 1.29 is 31.8 Å². The maximum atomic E-state index is 15.8. The molecule has 4 rings (SSSR count). The highest BCUT2D eigenvalue weighted by Gasteiger charge is 2.51. The van der Waals surface area contributed by atoms with Crippen LogP contribution >= 0.6 is 0 Å². The van der Waals surface area contributed by atoms with Crippen molar-refractivity contribution in [2.75, 3.05) is 26.0 Å². The van der Waals surface area contributed by atoms with Gasteiger partial charge in [-0.3, -0.25) is 9.36 Å². The molecule has 4 N–H and O–H groups in total. The number of ether oxygens (including phenoxy) is 2. The van der Waals surface area contributed by atoms with E-state index in [4.69, 9.17) is 15.3 Å². The van der Waals surface area contributed by atoms with E-state index < -0.39 is 64.9 Å². The Morgan fingerprint density at radius 1 is 1.22 bits per heavy atom. The van der Waals surface area contributed by atoms with Crippen molar-refractivity contribution in [3.05, 3.63) is 38.3 Å². The molecule has 10 nitrogen and oxygen atoms in total. The molecule has 1 aromatic heterocycles. The van der Waals surface area contributed by atoms with Crippen LogP contribution in [-0.2, 0) is 4.74 Å². The zero-order valence-electron chi connectivity index (χ0n) is 20.7. The van der Waals surface area contributed by atoms with Gasteiger partial charge in [0.2, 0.25) is 0 Å². The zero-order valence-corrected chi connectivity index (χ0v) is 20.7. The van der Waals surface area contributed by atoms with Gasteiger partial charge in [0.05, 0.1) is 30.0 Å². The zero-order chi connectivity index (χ0) is 27.4. The van der Waals surface area contributed by atoms with Gasteiger partial charge < -0.3 is 25.9 Å². The fourth-order valence-corrected chi connectivity index (χ4v) is 4.87. The maximum absolute atomic E-state index is 15.8. The molecular formula is C23H29F4N5O5. The highest BCUT2D eigenvalue weighted by Crippen LogP contribution is 2.46. The molecule has 1 saturated carbocycles. The smallest absolute Gasteiger partial charge is 0.408 e. The summed E-state index contributed by atoms with van der Waals surface area (Å²) in [5.74, 6) is 0.924. The molecule has 1 saturated heterocycles. The van der Waals surface area contributed by atoms with Crippen molar-refractivity contribution in [1.82, 2.24) is 19.9 Å². The summed E-state index contributed by atoms with van der Waals surface area (Å²) < 4.78 is 69.9. The molecule has 2 heterocycles. The topological polar surface area (TPSA) is 130 Å². The van der Waals surface area contributed by atoms with Gasteiger partial charge in [0.25, 0.3) is 5.56 Å². The van der Waals surface area contributed by atoms with Gasteiger partial charge in [0.1, 0.15) is 16.9 Å².